The maximum absolute atomic E-state index is 11.7. The lowest BCUT2D eigenvalue weighted by Gasteiger charge is -2.18. The number of carbonyl (C=O) groups is 1. The van der Waals surface area contributed by atoms with Gasteiger partial charge in [0.15, 0.2) is 0 Å². The van der Waals surface area contributed by atoms with Crippen LogP contribution < -0.4 is 4.90 Å². The van der Waals surface area contributed by atoms with Crippen molar-refractivity contribution in [3.8, 4) is 0 Å². The smallest absolute Gasteiger partial charge is 0.228 e. The number of halogens is 3. The van der Waals surface area contributed by atoms with Gasteiger partial charge in [-0.25, -0.2) is 0 Å². The molecule has 1 aliphatic heterocycles. The van der Waals surface area contributed by atoms with Gasteiger partial charge in [-0.05, 0) is 40.5 Å². The SMILES string of the molecule is Cc1cc(Br)c(N2CC(Cl)CC2=O)cc1Cl. The number of hydrogen-bond donors (Lipinski definition) is 0. The molecule has 1 saturated heterocycles. The molecule has 2 rings (SSSR count). The van der Waals surface area contributed by atoms with Crippen LogP contribution in [0.15, 0.2) is 16.6 Å². The van der Waals surface area contributed by atoms with Crippen molar-refractivity contribution in [2.24, 2.45) is 0 Å². The highest BCUT2D eigenvalue weighted by Crippen LogP contribution is 2.34. The normalized spacial score (nSPS) is 20.6. The molecule has 1 amide bonds. The first-order chi connectivity index (χ1) is 7.49. The van der Waals surface area contributed by atoms with Gasteiger partial charge in [0.2, 0.25) is 5.91 Å². The largest absolute Gasteiger partial charge is 0.310 e. The Morgan fingerprint density at radius 2 is 2.19 bits per heavy atom. The van der Waals surface area contributed by atoms with E-state index in [9.17, 15) is 4.79 Å². The molecule has 0 aromatic heterocycles. The number of carbonyl (C=O) groups excluding carboxylic acids is 1. The Labute approximate surface area is 113 Å². The van der Waals surface area contributed by atoms with E-state index in [0.717, 1.165) is 15.7 Å². The van der Waals surface area contributed by atoms with Gasteiger partial charge in [0, 0.05) is 22.5 Å². The van der Waals surface area contributed by atoms with Crippen LogP contribution in [0.4, 0.5) is 5.69 Å². The summed E-state index contributed by atoms with van der Waals surface area (Å²) in [5.41, 5.74) is 1.77. The van der Waals surface area contributed by atoms with Crippen LogP contribution in [0.3, 0.4) is 0 Å². The Hall–Kier alpha value is -0.250. The van der Waals surface area contributed by atoms with Crippen molar-refractivity contribution in [1.82, 2.24) is 0 Å². The number of aryl methyl sites for hydroxylation is 1. The average molecular weight is 323 g/mol. The van der Waals surface area contributed by atoms with Crippen molar-refractivity contribution < 1.29 is 4.79 Å². The quantitative estimate of drug-likeness (QED) is 0.721. The number of alkyl halides is 1. The number of hydrogen-bond acceptors (Lipinski definition) is 1. The fourth-order valence-corrected chi connectivity index (χ4v) is 2.84. The van der Waals surface area contributed by atoms with Crippen LogP contribution in [0.2, 0.25) is 5.02 Å². The molecule has 1 unspecified atom stereocenters. The molecule has 1 aromatic carbocycles. The molecule has 5 heteroatoms. The van der Waals surface area contributed by atoms with Crippen LogP contribution in [0.5, 0.6) is 0 Å². The second-order valence-electron chi connectivity index (χ2n) is 3.86. The van der Waals surface area contributed by atoms with E-state index < -0.39 is 0 Å². The number of benzene rings is 1. The van der Waals surface area contributed by atoms with E-state index in [0.29, 0.717) is 18.0 Å². The van der Waals surface area contributed by atoms with E-state index in [2.05, 4.69) is 15.9 Å². The minimum Gasteiger partial charge on any atom is -0.310 e. The Morgan fingerprint density at radius 1 is 1.50 bits per heavy atom. The minimum absolute atomic E-state index is 0.0422. The standard InChI is InChI=1S/C11H10BrCl2NO/c1-6-2-8(12)10(4-9(6)14)15-5-7(13)3-11(15)16/h2,4,7H,3,5H2,1H3. The van der Waals surface area contributed by atoms with Crippen LogP contribution in [-0.2, 0) is 4.79 Å². The van der Waals surface area contributed by atoms with Gasteiger partial charge in [-0.2, -0.15) is 0 Å². The Kier molecular flexibility index (Phi) is 3.48. The van der Waals surface area contributed by atoms with E-state index in [1.54, 1.807) is 11.0 Å². The third kappa shape index (κ3) is 2.22. The summed E-state index contributed by atoms with van der Waals surface area (Å²) in [5.74, 6) is 0.0422. The van der Waals surface area contributed by atoms with E-state index in [1.165, 1.54) is 0 Å². The van der Waals surface area contributed by atoms with Crippen LogP contribution >= 0.6 is 39.1 Å². The summed E-state index contributed by atoms with van der Waals surface area (Å²) in [5, 5.41) is 0.545. The van der Waals surface area contributed by atoms with Gasteiger partial charge in [0.05, 0.1) is 11.1 Å². The molecule has 0 spiro atoms. The third-order valence-electron chi connectivity index (χ3n) is 2.60. The molecule has 1 aliphatic rings. The van der Waals surface area contributed by atoms with Crippen LogP contribution in [0.1, 0.15) is 12.0 Å². The molecule has 2 nitrogen and oxygen atoms in total. The van der Waals surface area contributed by atoms with Gasteiger partial charge in [0.1, 0.15) is 0 Å². The molecule has 16 heavy (non-hydrogen) atoms. The summed E-state index contributed by atoms with van der Waals surface area (Å²) >= 11 is 15.5. The van der Waals surface area contributed by atoms with Crippen LogP contribution in [0, 0.1) is 6.92 Å². The summed E-state index contributed by atoms with van der Waals surface area (Å²) in [6.07, 6.45) is 0.388. The Bertz CT molecular complexity index is 450. The fraction of sp³-hybridized carbons (Fsp3) is 0.364. The van der Waals surface area contributed by atoms with E-state index in [-0.39, 0.29) is 11.3 Å². The molecule has 0 saturated carbocycles. The number of anilines is 1. The maximum Gasteiger partial charge on any atom is 0.228 e. The lowest BCUT2D eigenvalue weighted by Crippen LogP contribution is -2.25. The van der Waals surface area contributed by atoms with Crippen molar-refractivity contribution in [1.29, 1.82) is 0 Å². The summed E-state index contributed by atoms with van der Waals surface area (Å²) in [6, 6.07) is 3.71. The first-order valence-corrected chi connectivity index (χ1v) is 6.50. The van der Waals surface area contributed by atoms with Crippen LogP contribution in [0.25, 0.3) is 0 Å². The molecule has 0 N–H and O–H groups in total. The first kappa shape index (κ1) is 12.2. The second kappa shape index (κ2) is 4.55. The summed E-state index contributed by atoms with van der Waals surface area (Å²) in [6.45, 7) is 2.46. The maximum atomic E-state index is 11.7. The summed E-state index contributed by atoms with van der Waals surface area (Å²) in [7, 11) is 0. The lowest BCUT2D eigenvalue weighted by atomic mass is 10.2. The van der Waals surface area contributed by atoms with Crippen molar-refractivity contribution in [2.45, 2.75) is 18.7 Å². The molecule has 0 radical (unpaired) electrons. The zero-order valence-electron chi connectivity index (χ0n) is 8.64. The highest BCUT2D eigenvalue weighted by atomic mass is 79.9. The monoisotopic (exact) mass is 321 g/mol. The highest BCUT2D eigenvalue weighted by molar-refractivity contribution is 9.10. The molecule has 0 bridgehead atoms. The van der Waals surface area contributed by atoms with Crippen molar-refractivity contribution >= 4 is 50.7 Å². The van der Waals surface area contributed by atoms with Crippen molar-refractivity contribution in [3.05, 3.63) is 27.2 Å². The average Bonchev–Trinajstić information content (AvgIpc) is 2.51. The molecule has 0 aliphatic carbocycles. The molecule has 1 atom stereocenters. The predicted molar refractivity (Wildman–Crippen MR) is 70.5 cm³/mol. The van der Waals surface area contributed by atoms with Crippen molar-refractivity contribution in [3.63, 3.8) is 0 Å². The number of nitrogens with zero attached hydrogens (tertiary/aromatic N) is 1. The molecular formula is C11H10BrCl2NO. The summed E-state index contributed by atoms with van der Waals surface area (Å²) < 4.78 is 0.869. The lowest BCUT2D eigenvalue weighted by molar-refractivity contribution is -0.117. The topological polar surface area (TPSA) is 20.3 Å². The zero-order chi connectivity index (χ0) is 11.9. The zero-order valence-corrected chi connectivity index (χ0v) is 11.7. The minimum atomic E-state index is -0.112. The van der Waals surface area contributed by atoms with Crippen LogP contribution in [-0.4, -0.2) is 17.8 Å². The predicted octanol–water partition coefficient (Wildman–Crippen LogP) is 3.76. The van der Waals surface area contributed by atoms with E-state index in [4.69, 9.17) is 23.2 Å². The molecule has 1 heterocycles. The fourth-order valence-electron chi connectivity index (χ4n) is 1.74. The summed E-state index contributed by atoms with van der Waals surface area (Å²) in [4.78, 5) is 13.4. The van der Waals surface area contributed by atoms with Gasteiger partial charge >= 0.3 is 0 Å². The van der Waals surface area contributed by atoms with Gasteiger partial charge in [-0.15, -0.1) is 11.6 Å². The second-order valence-corrected chi connectivity index (χ2v) is 5.74. The van der Waals surface area contributed by atoms with Gasteiger partial charge in [0.25, 0.3) is 0 Å². The molecule has 86 valence electrons. The Balaban J connectivity index is 2.41. The first-order valence-electron chi connectivity index (χ1n) is 4.89. The van der Waals surface area contributed by atoms with E-state index >= 15 is 0 Å². The third-order valence-corrected chi connectivity index (χ3v) is 3.93. The Morgan fingerprint density at radius 3 is 2.75 bits per heavy atom. The van der Waals surface area contributed by atoms with Crippen molar-refractivity contribution in [2.75, 3.05) is 11.4 Å². The van der Waals surface area contributed by atoms with E-state index in [1.807, 2.05) is 13.0 Å². The highest BCUT2D eigenvalue weighted by Gasteiger charge is 2.30. The van der Waals surface area contributed by atoms with Gasteiger partial charge in [-0.3, -0.25) is 4.79 Å². The molecular weight excluding hydrogens is 313 g/mol. The molecule has 1 aromatic rings. The number of rotatable bonds is 1. The molecule has 1 fully saturated rings. The number of amides is 1. The van der Waals surface area contributed by atoms with Gasteiger partial charge < -0.3 is 4.90 Å². The van der Waals surface area contributed by atoms with Gasteiger partial charge in [-0.1, -0.05) is 11.6 Å².